The van der Waals surface area contributed by atoms with Gasteiger partial charge in [-0.15, -0.1) is 0 Å². The molecule has 0 saturated heterocycles. The minimum absolute atomic E-state index is 0.324. The molecule has 4 heteroatoms. The highest BCUT2D eigenvalue weighted by atomic mass is 19.1. The van der Waals surface area contributed by atoms with Crippen LogP contribution in [0.3, 0.4) is 0 Å². The maximum absolute atomic E-state index is 13.3. The number of nitrogens with zero attached hydrogens (tertiary/aromatic N) is 2. The van der Waals surface area contributed by atoms with Gasteiger partial charge in [0.05, 0.1) is 6.54 Å². The number of rotatable bonds is 2. The van der Waals surface area contributed by atoms with Crippen molar-refractivity contribution in [3.8, 4) is 0 Å². The molecule has 0 amide bonds. The number of aromatic nitrogens is 2. The number of aryl methyl sites for hydroxylation is 1. The van der Waals surface area contributed by atoms with Crippen LogP contribution in [0.2, 0.25) is 0 Å². The maximum Gasteiger partial charge on any atom is 0.131 e. The van der Waals surface area contributed by atoms with Gasteiger partial charge < -0.3 is 0 Å². The zero-order chi connectivity index (χ0) is 10.8. The molecule has 1 heterocycles. The summed E-state index contributed by atoms with van der Waals surface area (Å²) in [6.45, 7) is 2.21. The first-order chi connectivity index (χ1) is 7.16. The molecular weight excluding hydrogens is 198 g/mol. The highest BCUT2D eigenvalue weighted by Crippen LogP contribution is 2.11. The Morgan fingerprint density at radius 1 is 1.27 bits per heavy atom. The number of hydrogen-bond donors (Lipinski definition) is 0. The Bertz CT molecular complexity index is 477. The molecule has 0 fully saturated rings. The molecule has 0 saturated carbocycles. The molecule has 0 aliphatic rings. The molecule has 1 aromatic heterocycles. The molecule has 78 valence electrons. The molecule has 1 aromatic carbocycles. The molecule has 2 nitrogen and oxygen atoms in total. The quantitative estimate of drug-likeness (QED) is 0.741. The first-order valence-corrected chi connectivity index (χ1v) is 4.59. The summed E-state index contributed by atoms with van der Waals surface area (Å²) in [5.74, 6) is -1.10. The minimum Gasteiger partial charge on any atom is -0.265 e. The molecule has 2 rings (SSSR count). The SMILES string of the molecule is Cc1ccnn1Cc1ccc(F)cc1F. The Hall–Kier alpha value is -1.71. The largest absolute Gasteiger partial charge is 0.265 e. The number of benzene rings is 1. The van der Waals surface area contributed by atoms with E-state index in [1.165, 1.54) is 12.1 Å². The summed E-state index contributed by atoms with van der Waals surface area (Å²) in [6, 6.07) is 5.40. The van der Waals surface area contributed by atoms with E-state index in [1.807, 2.05) is 13.0 Å². The van der Waals surface area contributed by atoms with Crippen LogP contribution in [0.25, 0.3) is 0 Å². The van der Waals surface area contributed by atoms with E-state index in [9.17, 15) is 8.78 Å². The lowest BCUT2D eigenvalue weighted by Crippen LogP contribution is -2.05. The van der Waals surface area contributed by atoms with Crippen molar-refractivity contribution in [1.82, 2.24) is 9.78 Å². The molecule has 2 aromatic rings. The third-order valence-electron chi connectivity index (χ3n) is 2.26. The second kappa shape index (κ2) is 3.81. The Morgan fingerprint density at radius 2 is 2.07 bits per heavy atom. The summed E-state index contributed by atoms with van der Waals surface area (Å²) in [6.07, 6.45) is 1.65. The van der Waals surface area contributed by atoms with Crippen LogP contribution in [0.5, 0.6) is 0 Å². The van der Waals surface area contributed by atoms with Crippen molar-refractivity contribution in [2.45, 2.75) is 13.5 Å². The Kier molecular flexibility index (Phi) is 2.49. The van der Waals surface area contributed by atoms with E-state index in [0.29, 0.717) is 12.1 Å². The highest BCUT2D eigenvalue weighted by molar-refractivity contribution is 5.19. The fourth-order valence-electron chi connectivity index (χ4n) is 1.38. The van der Waals surface area contributed by atoms with E-state index in [4.69, 9.17) is 0 Å². The fourth-order valence-corrected chi connectivity index (χ4v) is 1.38. The first-order valence-electron chi connectivity index (χ1n) is 4.59. The van der Waals surface area contributed by atoms with E-state index in [2.05, 4.69) is 5.10 Å². The molecule has 0 aliphatic heterocycles. The predicted octanol–water partition coefficient (Wildman–Crippen LogP) is 2.52. The van der Waals surface area contributed by atoms with E-state index in [0.717, 1.165) is 11.8 Å². The zero-order valence-corrected chi connectivity index (χ0v) is 8.24. The summed E-state index contributed by atoms with van der Waals surface area (Å²) in [4.78, 5) is 0. The van der Waals surface area contributed by atoms with Gasteiger partial charge in [-0.1, -0.05) is 6.07 Å². The van der Waals surface area contributed by atoms with Crippen molar-refractivity contribution in [3.05, 3.63) is 53.4 Å². The van der Waals surface area contributed by atoms with E-state index in [1.54, 1.807) is 10.9 Å². The van der Waals surface area contributed by atoms with Crippen LogP contribution in [-0.2, 0) is 6.54 Å². The van der Waals surface area contributed by atoms with Gasteiger partial charge in [0.2, 0.25) is 0 Å². The van der Waals surface area contributed by atoms with E-state index in [-0.39, 0.29) is 0 Å². The summed E-state index contributed by atoms with van der Waals surface area (Å²) in [5, 5.41) is 4.03. The average Bonchev–Trinajstić information content (AvgIpc) is 2.57. The van der Waals surface area contributed by atoms with Gasteiger partial charge >= 0.3 is 0 Å². The second-order valence-electron chi connectivity index (χ2n) is 3.37. The van der Waals surface area contributed by atoms with Crippen LogP contribution < -0.4 is 0 Å². The number of halogens is 2. The van der Waals surface area contributed by atoms with Crippen LogP contribution in [0.4, 0.5) is 8.78 Å². The Morgan fingerprint density at radius 3 is 2.67 bits per heavy atom. The van der Waals surface area contributed by atoms with Crippen molar-refractivity contribution in [1.29, 1.82) is 0 Å². The second-order valence-corrected chi connectivity index (χ2v) is 3.37. The van der Waals surface area contributed by atoms with Crippen molar-refractivity contribution >= 4 is 0 Å². The van der Waals surface area contributed by atoms with Crippen LogP contribution in [-0.4, -0.2) is 9.78 Å². The molecular formula is C11H10F2N2. The molecule has 15 heavy (non-hydrogen) atoms. The fraction of sp³-hybridized carbons (Fsp3) is 0.182. The van der Waals surface area contributed by atoms with Crippen molar-refractivity contribution < 1.29 is 8.78 Å². The van der Waals surface area contributed by atoms with Gasteiger partial charge in [-0.05, 0) is 19.1 Å². The molecule has 0 unspecified atom stereocenters. The van der Waals surface area contributed by atoms with Crippen LogP contribution in [0, 0.1) is 18.6 Å². The van der Waals surface area contributed by atoms with Crippen molar-refractivity contribution in [3.63, 3.8) is 0 Å². The van der Waals surface area contributed by atoms with Gasteiger partial charge in [0.1, 0.15) is 11.6 Å². The van der Waals surface area contributed by atoms with Gasteiger partial charge in [0.15, 0.2) is 0 Å². The van der Waals surface area contributed by atoms with Crippen molar-refractivity contribution in [2.75, 3.05) is 0 Å². The predicted molar refractivity (Wildman–Crippen MR) is 52.4 cm³/mol. The highest BCUT2D eigenvalue weighted by Gasteiger charge is 2.05. The monoisotopic (exact) mass is 208 g/mol. The summed E-state index contributed by atoms with van der Waals surface area (Å²) in [7, 11) is 0. The molecule has 0 radical (unpaired) electrons. The van der Waals surface area contributed by atoms with Gasteiger partial charge in [-0.25, -0.2) is 8.78 Å². The van der Waals surface area contributed by atoms with E-state index >= 15 is 0 Å². The van der Waals surface area contributed by atoms with Gasteiger partial charge in [-0.3, -0.25) is 4.68 Å². The molecule has 0 bridgehead atoms. The lowest BCUT2D eigenvalue weighted by molar-refractivity contribution is 0.556. The Labute approximate surface area is 86.2 Å². The average molecular weight is 208 g/mol. The van der Waals surface area contributed by atoms with Crippen LogP contribution in [0.15, 0.2) is 30.5 Å². The lowest BCUT2D eigenvalue weighted by Gasteiger charge is -2.05. The summed E-state index contributed by atoms with van der Waals surface area (Å²) < 4.78 is 27.6. The standard InChI is InChI=1S/C11H10F2N2/c1-8-4-5-14-15(8)7-9-2-3-10(12)6-11(9)13/h2-6H,7H2,1H3. The summed E-state index contributed by atoms with van der Waals surface area (Å²) in [5.41, 5.74) is 1.38. The van der Waals surface area contributed by atoms with Gasteiger partial charge in [0.25, 0.3) is 0 Å². The zero-order valence-electron chi connectivity index (χ0n) is 8.24. The van der Waals surface area contributed by atoms with E-state index < -0.39 is 11.6 Å². The normalized spacial score (nSPS) is 10.6. The Balaban J connectivity index is 2.29. The molecule has 0 N–H and O–H groups in total. The minimum atomic E-state index is -0.562. The maximum atomic E-state index is 13.3. The molecule has 0 spiro atoms. The van der Waals surface area contributed by atoms with Gasteiger partial charge in [-0.2, -0.15) is 5.10 Å². The third-order valence-corrected chi connectivity index (χ3v) is 2.26. The van der Waals surface area contributed by atoms with Gasteiger partial charge in [0, 0.05) is 23.5 Å². The molecule has 0 atom stereocenters. The topological polar surface area (TPSA) is 17.8 Å². The first kappa shape index (κ1) is 9.83. The van der Waals surface area contributed by atoms with Crippen LogP contribution in [0.1, 0.15) is 11.3 Å². The lowest BCUT2D eigenvalue weighted by atomic mass is 10.2. The van der Waals surface area contributed by atoms with Crippen molar-refractivity contribution in [2.24, 2.45) is 0 Å². The summed E-state index contributed by atoms with van der Waals surface area (Å²) >= 11 is 0. The number of hydrogen-bond acceptors (Lipinski definition) is 1. The third kappa shape index (κ3) is 2.03. The smallest absolute Gasteiger partial charge is 0.131 e. The molecule has 0 aliphatic carbocycles. The van der Waals surface area contributed by atoms with Crippen LogP contribution >= 0.6 is 0 Å².